The molecule has 3 aromatic rings. The first kappa shape index (κ1) is 19.4. The largest absolute Gasteiger partial charge is 0.364 e. The van der Waals surface area contributed by atoms with Gasteiger partial charge in [0.15, 0.2) is 0 Å². The van der Waals surface area contributed by atoms with Crippen LogP contribution in [0.4, 0.5) is 23.1 Å². The number of carbonyl (C=O) groups excluding carboxylic acids is 1. The quantitative estimate of drug-likeness (QED) is 0.655. The van der Waals surface area contributed by atoms with E-state index in [2.05, 4.69) is 53.5 Å². The van der Waals surface area contributed by atoms with Gasteiger partial charge in [0.2, 0.25) is 11.9 Å². The standard InChI is InChI=1S/C22H24N8O/c1-14(31)26-21-4-3-15(10-25-21)18-5-8-24-22(27-18)28-19-11-23-7-6-20(19)30-13-16-9-17(30)12-29(16)2/h3-8,10-11,16-17H,9,12-13H2,1-2H3,(H,24,27,28)(H,25,26,31)/t16-,17-/m0/s1. The summed E-state index contributed by atoms with van der Waals surface area (Å²) in [6.07, 6.45) is 8.26. The normalized spacial score (nSPS) is 20.1. The Morgan fingerprint density at radius 2 is 1.97 bits per heavy atom. The lowest BCUT2D eigenvalue weighted by Crippen LogP contribution is -2.44. The second kappa shape index (κ2) is 7.92. The summed E-state index contributed by atoms with van der Waals surface area (Å²) >= 11 is 0. The lowest BCUT2D eigenvalue weighted by molar-refractivity contribution is -0.114. The van der Waals surface area contributed by atoms with Crippen molar-refractivity contribution in [3.8, 4) is 11.3 Å². The van der Waals surface area contributed by atoms with Gasteiger partial charge in [-0.2, -0.15) is 0 Å². The lowest BCUT2D eigenvalue weighted by Gasteiger charge is -2.34. The molecule has 5 heterocycles. The van der Waals surface area contributed by atoms with Gasteiger partial charge >= 0.3 is 0 Å². The SMILES string of the molecule is CC(=O)Nc1ccc(-c2ccnc(Nc3cnccc3N3C[C@@H]4C[C@H]3CN4C)n2)cn1. The van der Waals surface area contributed by atoms with E-state index in [1.54, 1.807) is 18.5 Å². The molecule has 2 N–H and O–H groups in total. The highest BCUT2D eigenvalue weighted by atomic mass is 16.1. The Balaban J connectivity index is 1.37. The van der Waals surface area contributed by atoms with Crippen LogP contribution >= 0.6 is 0 Å². The Hall–Kier alpha value is -3.59. The van der Waals surface area contributed by atoms with Gasteiger partial charge in [-0.05, 0) is 37.7 Å². The minimum absolute atomic E-state index is 0.154. The van der Waals surface area contributed by atoms with Gasteiger partial charge in [0.1, 0.15) is 5.82 Å². The number of carbonyl (C=O) groups is 1. The molecule has 2 saturated heterocycles. The molecule has 9 nitrogen and oxygen atoms in total. The van der Waals surface area contributed by atoms with E-state index in [0.717, 1.165) is 35.7 Å². The van der Waals surface area contributed by atoms with Crippen molar-refractivity contribution >= 4 is 29.0 Å². The highest BCUT2D eigenvalue weighted by Gasteiger charge is 2.42. The average molecular weight is 416 g/mol. The highest BCUT2D eigenvalue weighted by molar-refractivity contribution is 5.87. The van der Waals surface area contributed by atoms with E-state index >= 15 is 0 Å². The molecule has 2 atom stereocenters. The lowest BCUT2D eigenvalue weighted by atomic mass is 10.2. The maximum absolute atomic E-state index is 11.2. The smallest absolute Gasteiger partial charge is 0.227 e. The summed E-state index contributed by atoms with van der Waals surface area (Å²) in [7, 11) is 2.20. The first-order valence-electron chi connectivity index (χ1n) is 10.3. The summed E-state index contributed by atoms with van der Waals surface area (Å²) in [6.45, 7) is 3.56. The minimum atomic E-state index is -0.154. The van der Waals surface area contributed by atoms with E-state index in [4.69, 9.17) is 0 Å². The number of piperazine rings is 1. The maximum atomic E-state index is 11.2. The van der Waals surface area contributed by atoms with Gasteiger partial charge in [-0.25, -0.2) is 15.0 Å². The summed E-state index contributed by atoms with van der Waals surface area (Å²) < 4.78 is 0. The number of aromatic nitrogens is 4. The van der Waals surface area contributed by atoms with Crippen LogP contribution in [0.1, 0.15) is 13.3 Å². The molecule has 0 spiro atoms. The minimum Gasteiger partial charge on any atom is -0.364 e. The molecule has 0 unspecified atom stereocenters. The Bertz CT molecular complexity index is 1100. The average Bonchev–Trinajstić information content (AvgIpc) is 3.34. The van der Waals surface area contributed by atoms with E-state index in [1.165, 1.54) is 13.3 Å². The Kier molecular flexibility index (Phi) is 4.95. The molecule has 0 saturated carbocycles. The predicted molar refractivity (Wildman–Crippen MR) is 119 cm³/mol. The van der Waals surface area contributed by atoms with Crippen molar-refractivity contribution in [3.05, 3.63) is 49.1 Å². The van der Waals surface area contributed by atoms with Gasteiger partial charge in [-0.15, -0.1) is 0 Å². The predicted octanol–water partition coefficient (Wildman–Crippen LogP) is 2.53. The maximum Gasteiger partial charge on any atom is 0.227 e. The van der Waals surface area contributed by atoms with Gasteiger partial charge in [0.25, 0.3) is 0 Å². The second-order valence-electron chi connectivity index (χ2n) is 8.03. The van der Waals surface area contributed by atoms with Crippen LogP contribution in [0.25, 0.3) is 11.3 Å². The molecule has 3 aromatic heterocycles. The van der Waals surface area contributed by atoms with Crippen molar-refractivity contribution in [1.82, 2.24) is 24.8 Å². The third-order valence-corrected chi connectivity index (χ3v) is 5.89. The molecule has 5 rings (SSSR count). The van der Waals surface area contributed by atoms with Gasteiger partial charge in [-0.3, -0.25) is 14.7 Å². The molecular formula is C22H24N8O. The molecule has 0 aliphatic carbocycles. The molecule has 2 aliphatic heterocycles. The molecule has 2 fully saturated rings. The molecule has 0 radical (unpaired) electrons. The van der Waals surface area contributed by atoms with Crippen LogP contribution in [0.2, 0.25) is 0 Å². The summed E-state index contributed by atoms with van der Waals surface area (Å²) in [5, 5.41) is 6.02. The third kappa shape index (κ3) is 3.91. The van der Waals surface area contributed by atoms with E-state index < -0.39 is 0 Å². The molecule has 2 aliphatic rings. The molecule has 2 bridgehead atoms. The van der Waals surface area contributed by atoms with E-state index in [1.807, 2.05) is 24.5 Å². The van der Waals surface area contributed by atoms with Gasteiger partial charge in [0, 0.05) is 56.3 Å². The zero-order chi connectivity index (χ0) is 21.4. The topological polar surface area (TPSA) is 99.2 Å². The summed E-state index contributed by atoms with van der Waals surface area (Å²) in [4.78, 5) is 33.7. The van der Waals surface area contributed by atoms with Gasteiger partial charge in [0.05, 0.1) is 23.3 Å². The van der Waals surface area contributed by atoms with Crippen LogP contribution in [0, 0.1) is 0 Å². The molecule has 158 valence electrons. The number of hydrogen-bond donors (Lipinski definition) is 2. The van der Waals surface area contributed by atoms with E-state index in [0.29, 0.717) is 23.8 Å². The summed E-state index contributed by atoms with van der Waals surface area (Å²) in [5.74, 6) is 0.854. The van der Waals surface area contributed by atoms with Crippen LogP contribution in [0.3, 0.4) is 0 Å². The number of pyridine rings is 2. The fourth-order valence-corrected chi connectivity index (χ4v) is 4.39. The second-order valence-corrected chi connectivity index (χ2v) is 8.03. The van der Waals surface area contributed by atoms with Crippen LogP contribution in [0.15, 0.2) is 49.1 Å². The van der Waals surface area contributed by atoms with E-state index in [9.17, 15) is 4.79 Å². The fraction of sp³-hybridized carbons (Fsp3) is 0.318. The molecular weight excluding hydrogens is 392 g/mol. The van der Waals surface area contributed by atoms with Crippen LogP contribution in [0.5, 0.6) is 0 Å². The number of likely N-dealkylation sites (N-methyl/N-ethyl adjacent to an activating group) is 1. The van der Waals surface area contributed by atoms with Crippen molar-refractivity contribution < 1.29 is 4.79 Å². The number of nitrogens with zero attached hydrogens (tertiary/aromatic N) is 6. The third-order valence-electron chi connectivity index (χ3n) is 5.89. The number of hydrogen-bond acceptors (Lipinski definition) is 8. The fourth-order valence-electron chi connectivity index (χ4n) is 4.39. The van der Waals surface area contributed by atoms with Crippen LogP contribution in [-0.2, 0) is 4.79 Å². The Morgan fingerprint density at radius 1 is 1.06 bits per heavy atom. The summed E-state index contributed by atoms with van der Waals surface area (Å²) in [6, 6.07) is 8.65. The summed E-state index contributed by atoms with van der Waals surface area (Å²) in [5.41, 5.74) is 3.61. The number of amides is 1. The number of anilines is 4. The molecule has 9 heteroatoms. The zero-order valence-corrected chi connectivity index (χ0v) is 17.5. The van der Waals surface area contributed by atoms with Gasteiger partial charge in [-0.1, -0.05) is 0 Å². The van der Waals surface area contributed by atoms with Crippen molar-refractivity contribution in [2.24, 2.45) is 0 Å². The Morgan fingerprint density at radius 3 is 2.68 bits per heavy atom. The van der Waals surface area contributed by atoms with Crippen molar-refractivity contribution in [2.75, 3.05) is 35.7 Å². The first-order valence-corrected chi connectivity index (χ1v) is 10.3. The van der Waals surface area contributed by atoms with Crippen molar-refractivity contribution in [3.63, 3.8) is 0 Å². The molecule has 1 amide bonds. The van der Waals surface area contributed by atoms with Crippen LogP contribution < -0.4 is 15.5 Å². The van der Waals surface area contributed by atoms with Crippen molar-refractivity contribution in [2.45, 2.75) is 25.4 Å². The number of nitrogens with one attached hydrogen (secondary N) is 2. The number of rotatable bonds is 5. The number of fused-ring (bicyclic) bond motifs is 2. The molecule has 0 aromatic carbocycles. The zero-order valence-electron chi connectivity index (χ0n) is 17.5. The van der Waals surface area contributed by atoms with Gasteiger partial charge < -0.3 is 15.5 Å². The number of likely N-dealkylation sites (tertiary alicyclic amines) is 1. The van der Waals surface area contributed by atoms with E-state index in [-0.39, 0.29) is 5.91 Å². The highest BCUT2D eigenvalue weighted by Crippen LogP contribution is 2.37. The first-order chi connectivity index (χ1) is 15.1. The van der Waals surface area contributed by atoms with Crippen LogP contribution in [-0.4, -0.2) is 63.0 Å². The molecule has 31 heavy (non-hydrogen) atoms. The monoisotopic (exact) mass is 416 g/mol. The van der Waals surface area contributed by atoms with Crippen molar-refractivity contribution in [1.29, 1.82) is 0 Å². The Labute approximate surface area is 180 Å².